The summed E-state index contributed by atoms with van der Waals surface area (Å²) in [7, 11) is 0. The summed E-state index contributed by atoms with van der Waals surface area (Å²) in [6.07, 6.45) is 0. The van der Waals surface area contributed by atoms with Gasteiger partial charge in [0.2, 0.25) is 0 Å². The Kier molecular flexibility index (Phi) is 4.78. The van der Waals surface area contributed by atoms with Crippen molar-refractivity contribution in [2.75, 3.05) is 5.32 Å². The molecule has 0 saturated heterocycles. The van der Waals surface area contributed by atoms with Crippen molar-refractivity contribution in [3.8, 4) is 17.2 Å². The Labute approximate surface area is 149 Å². The van der Waals surface area contributed by atoms with Gasteiger partial charge in [-0.2, -0.15) is 5.26 Å². The van der Waals surface area contributed by atoms with Gasteiger partial charge in [0.15, 0.2) is 0 Å². The number of rotatable bonds is 3. The summed E-state index contributed by atoms with van der Waals surface area (Å²) in [4.78, 5) is 12.7. The third-order valence-corrected chi connectivity index (χ3v) is 3.99. The lowest BCUT2D eigenvalue weighted by Crippen LogP contribution is -2.13. The molecule has 0 fully saturated rings. The average molecular weight is 351 g/mol. The second kappa shape index (κ2) is 7.16. The maximum atomic E-state index is 13.6. The van der Waals surface area contributed by atoms with Crippen LogP contribution in [0.5, 0.6) is 0 Å². The minimum absolute atomic E-state index is 0.0126. The van der Waals surface area contributed by atoms with E-state index < -0.39 is 11.7 Å². The molecule has 0 saturated carbocycles. The molecule has 0 heterocycles. The molecule has 0 bridgehead atoms. The molecular formula is C20H12ClFN2O. The summed E-state index contributed by atoms with van der Waals surface area (Å²) in [5, 5.41) is 11.9. The Morgan fingerprint density at radius 2 is 1.68 bits per heavy atom. The number of anilines is 1. The van der Waals surface area contributed by atoms with Crippen molar-refractivity contribution in [1.29, 1.82) is 5.26 Å². The predicted molar refractivity (Wildman–Crippen MR) is 96.0 cm³/mol. The summed E-state index contributed by atoms with van der Waals surface area (Å²) in [6, 6.07) is 20.2. The van der Waals surface area contributed by atoms with E-state index in [1.807, 2.05) is 0 Å². The summed E-state index contributed by atoms with van der Waals surface area (Å²) < 4.78 is 13.6. The van der Waals surface area contributed by atoms with E-state index in [1.165, 1.54) is 12.1 Å². The summed E-state index contributed by atoms with van der Waals surface area (Å²) in [5.74, 6) is -1.01. The standard InChI is InChI=1S/C20H12ClFN2O/c21-18-10-9-14(11-19(18)22)24-20(25)17-8-4-3-7-16(17)15-6-2-1-5-13(15)12-23/h1-11H,(H,24,25). The number of nitriles is 1. The number of nitrogens with one attached hydrogen (secondary N) is 1. The van der Waals surface area contributed by atoms with Crippen molar-refractivity contribution >= 4 is 23.2 Å². The molecule has 25 heavy (non-hydrogen) atoms. The van der Waals surface area contributed by atoms with Gasteiger partial charge in [-0.3, -0.25) is 4.79 Å². The lowest BCUT2D eigenvalue weighted by atomic mass is 9.95. The van der Waals surface area contributed by atoms with Crippen molar-refractivity contribution < 1.29 is 9.18 Å². The van der Waals surface area contributed by atoms with E-state index >= 15 is 0 Å². The van der Waals surface area contributed by atoms with Crippen LogP contribution < -0.4 is 5.32 Å². The SMILES string of the molecule is N#Cc1ccccc1-c1ccccc1C(=O)Nc1ccc(Cl)c(F)c1. The van der Waals surface area contributed by atoms with Gasteiger partial charge >= 0.3 is 0 Å². The smallest absolute Gasteiger partial charge is 0.256 e. The molecule has 0 aliphatic rings. The number of hydrogen-bond donors (Lipinski definition) is 1. The molecule has 1 amide bonds. The molecule has 0 spiro atoms. The van der Waals surface area contributed by atoms with Gasteiger partial charge in [-0.15, -0.1) is 0 Å². The minimum Gasteiger partial charge on any atom is -0.322 e. The molecule has 3 aromatic rings. The Hall–Kier alpha value is -3.16. The molecule has 3 aromatic carbocycles. The van der Waals surface area contributed by atoms with E-state index in [2.05, 4.69) is 11.4 Å². The summed E-state index contributed by atoms with van der Waals surface area (Å²) >= 11 is 5.65. The van der Waals surface area contributed by atoms with Crippen LogP contribution >= 0.6 is 11.6 Å². The highest BCUT2D eigenvalue weighted by atomic mass is 35.5. The van der Waals surface area contributed by atoms with Crippen LogP contribution in [-0.2, 0) is 0 Å². The maximum Gasteiger partial charge on any atom is 0.256 e. The van der Waals surface area contributed by atoms with Crippen molar-refractivity contribution in [3.05, 3.63) is 88.7 Å². The number of amides is 1. The first-order valence-electron chi connectivity index (χ1n) is 7.45. The third kappa shape index (κ3) is 3.52. The molecule has 122 valence electrons. The van der Waals surface area contributed by atoms with Gasteiger partial charge < -0.3 is 5.32 Å². The van der Waals surface area contributed by atoms with Crippen LogP contribution in [0.1, 0.15) is 15.9 Å². The fourth-order valence-corrected chi connectivity index (χ4v) is 2.62. The molecule has 1 N–H and O–H groups in total. The predicted octanol–water partition coefficient (Wildman–Crippen LogP) is 5.27. The molecule has 0 radical (unpaired) electrons. The highest BCUT2D eigenvalue weighted by Crippen LogP contribution is 2.28. The quantitative estimate of drug-likeness (QED) is 0.699. The first-order valence-corrected chi connectivity index (χ1v) is 7.83. The number of carbonyl (C=O) groups is 1. The summed E-state index contributed by atoms with van der Waals surface area (Å²) in [6.45, 7) is 0. The molecule has 0 aliphatic heterocycles. The minimum atomic E-state index is -0.609. The van der Waals surface area contributed by atoms with Crippen LogP contribution in [0.3, 0.4) is 0 Å². The van der Waals surface area contributed by atoms with E-state index in [9.17, 15) is 14.4 Å². The van der Waals surface area contributed by atoms with Gasteiger partial charge in [-0.05, 0) is 35.9 Å². The topological polar surface area (TPSA) is 52.9 Å². The Morgan fingerprint density at radius 1 is 1.00 bits per heavy atom. The van der Waals surface area contributed by atoms with Crippen LogP contribution in [-0.4, -0.2) is 5.91 Å². The van der Waals surface area contributed by atoms with Crippen molar-refractivity contribution in [2.45, 2.75) is 0 Å². The monoisotopic (exact) mass is 350 g/mol. The van der Waals surface area contributed by atoms with Gasteiger partial charge in [0, 0.05) is 16.8 Å². The lowest BCUT2D eigenvalue weighted by molar-refractivity contribution is 0.102. The van der Waals surface area contributed by atoms with Crippen molar-refractivity contribution in [3.63, 3.8) is 0 Å². The summed E-state index contributed by atoms with van der Waals surface area (Å²) in [5.41, 5.74) is 2.46. The van der Waals surface area contributed by atoms with Gasteiger partial charge in [0.1, 0.15) is 5.82 Å². The fourth-order valence-electron chi connectivity index (χ4n) is 2.50. The largest absolute Gasteiger partial charge is 0.322 e. The van der Waals surface area contributed by atoms with E-state index in [-0.39, 0.29) is 5.02 Å². The molecule has 0 unspecified atom stereocenters. The van der Waals surface area contributed by atoms with Crippen LogP contribution in [0.2, 0.25) is 5.02 Å². The second-order valence-corrected chi connectivity index (χ2v) is 5.69. The first kappa shape index (κ1) is 16.7. The Balaban J connectivity index is 1.99. The van der Waals surface area contributed by atoms with E-state index in [4.69, 9.17) is 11.6 Å². The number of hydrogen-bond acceptors (Lipinski definition) is 2. The third-order valence-electron chi connectivity index (χ3n) is 3.69. The molecule has 3 nitrogen and oxygen atoms in total. The number of carbonyl (C=O) groups excluding carboxylic acids is 1. The van der Waals surface area contributed by atoms with Crippen LogP contribution in [0.15, 0.2) is 66.7 Å². The Bertz CT molecular complexity index is 995. The van der Waals surface area contributed by atoms with Gasteiger partial charge in [0.05, 0.1) is 16.7 Å². The lowest BCUT2D eigenvalue weighted by Gasteiger charge is -2.12. The van der Waals surface area contributed by atoms with Gasteiger partial charge in [0.25, 0.3) is 5.91 Å². The first-order chi connectivity index (χ1) is 12.1. The van der Waals surface area contributed by atoms with Crippen LogP contribution in [0, 0.1) is 17.1 Å². The van der Waals surface area contributed by atoms with Gasteiger partial charge in [-0.1, -0.05) is 48.0 Å². The molecule has 5 heteroatoms. The molecule has 0 aromatic heterocycles. The van der Waals surface area contributed by atoms with Gasteiger partial charge in [-0.25, -0.2) is 4.39 Å². The zero-order valence-corrected chi connectivity index (χ0v) is 13.7. The fraction of sp³-hybridized carbons (Fsp3) is 0. The van der Waals surface area contributed by atoms with Crippen molar-refractivity contribution in [2.24, 2.45) is 0 Å². The van der Waals surface area contributed by atoms with E-state index in [1.54, 1.807) is 48.5 Å². The average Bonchev–Trinajstić information content (AvgIpc) is 2.64. The van der Waals surface area contributed by atoms with E-state index in [0.29, 0.717) is 27.9 Å². The molecular weight excluding hydrogens is 339 g/mol. The number of nitrogens with zero attached hydrogens (tertiary/aromatic N) is 1. The Morgan fingerprint density at radius 3 is 2.40 bits per heavy atom. The second-order valence-electron chi connectivity index (χ2n) is 5.29. The normalized spacial score (nSPS) is 10.1. The zero-order chi connectivity index (χ0) is 17.8. The van der Waals surface area contributed by atoms with Crippen LogP contribution in [0.25, 0.3) is 11.1 Å². The molecule has 0 aliphatic carbocycles. The van der Waals surface area contributed by atoms with Crippen molar-refractivity contribution in [1.82, 2.24) is 0 Å². The number of halogens is 2. The van der Waals surface area contributed by atoms with Crippen LogP contribution in [0.4, 0.5) is 10.1 Å². The highest BCUT2D eigenvalue weighted by molar-refractivity contribution is 6.30. The highest BCUT2D eigenvalue weighted by Gasteiger charge is 2.15. The maximum absolute atomic E-state index is 13.6. The molecule has 3 rings (SSSR count). The van der Waals surface area contributed by atoms with E-state index in [0.717, 1.165) is 6.07 Å². The molecule has 0 atom stereocenters. The zero-order valence-electron chi connectivity index (χ0n) is 13.0. The number of benzene rings is 3.